The lowest BCUT2D eigenvalue weighted by Crippen LogP contribution is -2.42. The molecule has 108 valence electrons. The summed E-state index contributed by atoms with van der Waals surface area (Å²) >= 11 is 0. The van der Waals surface area contributed by atoms with Crippen molar-refractivity contribution in [2.45, 2.75) is 32.3 Å². The molecule has 0 radical (unpaired) electrons. The van der Waals surface area contributed by atoms with Gasteiger partial charge in [0.15, 0.2) is 0 Å². The van der Waals surface area contributed by atoms with Crippen LogP contribution in [0.2, 0.25) is 0 Å². The fraction of sp³-hybridized carbons (Fsp3) is 0.562. The third-order valence-electron chi connectivity index (χ3n) is 4.45. The van der Waals surface area contributed by atoms with E-state index in [4.69, 9.17) is 15.9 Å². The first-order valence-electron chi connectivity index (χ1n) is 7.44. The van der Waals surface area contributed by atoms with E-state index in [-0.39, 0.29) is 12.0 Å². The van der Waals surface area contributed by atoms with Crippen LogP contribution >= 0.6 is 0 Å². The molecule has 1 atom stereocenters. The number of nitrogens with zero attached hydrogens (tertiary/aromatic N) is 1. The molecule has 0 spiro atoms. The number of hydrogen-bond acceptors (Lipinski definition) is 3. The van der Waals surface area contributed by atoms with Crippen molar-refractivity contribution in [1.29, 1.82) is 5.41 Å². The normalized spacial score (nSPS) is 23.4. The van der Waals surface area contributed by atoms with E-state index in [1.807, 2.05) is 0 Å². The minimum atomic E-state index is 0.278. The summed E-state index contributed by atoms with van der Waals surface area (Å²) in [6, 6.07) is 6.43. The highest BCUT2D eigenvalue weighted by molar-refractivity contribution is 5.79. The SMILES string of the molecule is Cc1ccc2c(c1)CC(CN1CCC(C(=N)N)CC1)O2. The number of likely N-dealkylation sites (tertiary alicyclic amines) is 1. The molecular formula is C16H23N3O. The van der Waals surface area contributed by atoms with Crippen molar-refractivity contribution >= 4 is 5.84 Å². The van der Waals surface area contributed by atoms with Crippen molar-refractivity contribution in [1.82, 2.24) is 4.90 Å². The molecule has 2 heterocycles. The van der Waals surface area contributed by atoms with E-state index in [9.17, 15) is 0 Å². The van der Waals surface area contributed by atoms with E-state index < -0.39 is 0 Å². The quantitative estimate of drug-likeness (QED) is 0.653. The zero-order valence-corrected chi connectivity index (χ0v) is 12.1. The van der Waals surface area contributed by atoms with Gasteiger partial charge in [0.1, 0.15) is 11.9 Å². The van der Waals surface area contributed by atoms with E-state index >= 15 is 0 Å². The molecule has 20 heavy (non-hydrogen) atoms. The fourth-order valence-electron chi connectivity index (χ4n) is 3.27. The lowest BCUT2D eigenvalue weighted by atomic mass is 9.95. The molecule has 1 aromatic rings. The van der Waals surface area contributed by atoms with Gasteiger partial charge in [-0.2, -0.15) is 0 Å². The molecular weight excluding hydrogens is 250 g/mol. The van der Waals surface area contributed by atoms with Crippen molar-refractivity contribution in [3.63, 3.8) is 0 Å². The van der Waals surface area contributed by atoms with Gasteiger partial charge >= 0.3 is 0 Å². The zero-order valence-electron chi connectivity index (χ0n) is 12.1. The van der Waals surface area contributed by atoms with Crippen LogP contribution in [0.3, 0.4) is 0 Å². The van der Waals surface area contributed by atoms with E-state index in [0.717, 1.165) is 44.6 Å². The summed E-state index contributed by atoms with van der Waals surface area (Å²) in [7, 11) is 0. The van der Waals surface area contributed by atoms with E-state index in [2.05, 4.69) is 30.0 Å². The standard InChI is InChI=1S/C16H23N3O/c1-11-2-3-15-13(8-11)9-14(20-15)10-19-6-4-12(5-7-19)16(17)18/h2-3,8,12,14H,4-7,9-10H2,1H3,(H3,17,18). The van der Waals surface area contributed by atoms with Gasteiger partial charge in [-0.3, -0.25) is 10.3 Å². The molecule has 0 aliphatic carbocycles. The Labute approximate surface area is 120 Å². The highest BCUT2D eigenvalue weighted by Crippen LogP contribution is 2.30. The average Bonchev–Trinajstić information content (AvgIpc) is 2.80. The number of nitrogens with two attached hydrogens (primary N) is 1. The van der Waals surface area contributed by atoms with Gasteiger partial charge in [-0.05, 0) is 44.5 Å². The highest BCUT2D eigenvalue weighted by atomic mass is 16.5. The number of amidine groups is 1. The first-order valence-corrected chi connectivity index (χ1v) is 7.44. The second-order valence-electron chi connectivity index (χ2n) is 6.09. The monoisotopic (exact) mass is 273 g/mol. The van der Waals surface area contributed by atoms with Crippen LogP contribution in [0.5, 0.6) is 5.75 Å². The molecule has 0 aromatic heterocycles. The molecule has 3 N–H and O–H groups in total. The van der Waals surface area contributed by atoms with Crippen LogP contribution in [0.25, 0.3) is 0 Å². The molecule has 1 aromatic carbocycles. The summed E-state index contributed by atoms with van der Waals surface area (Å²) in [6.07, 6.45) is 3.31. The maximum Gasteiger partial charge on any atom is 0.123 e. The number of benzene rings is 1. The Morgan fingerprint density at radius 2 is 2.15 bits per heavy atom. The first-order chi connectivity index (χ1) is 9.61. The van der Waals surface area contributed by atoms with Crippen LogP contribution in [-0.4, -0.2) is 36.5 Å². The van der Waals surface area contributed by atoms with Crippen molar-refractivity contribution in [2.24, 2.45) is 11.7 Å². The molecule has 1 saturated heterocycles. The van der Waals surface area contributed by atoms with E-state index in [1.54, 1.807) is 0 Å². The lowest BCUT2D eigenvalue weighted by Gasteiger charge is -2.32. The van der Waals surface area contributed by atoms with Crippen molar-refractivity contribution in [2.75, 3.05) is 19.6 Å². The minimum absolute atomic E-state index is 0.278. The van der Waals surface area contributed by atoms with Crippen molar-refractivity contribution in [3.05, 3.63) is 29.3 Å². The van der Waals surface area contributed by atoms with Gasteiger partial charge in [0.2, 0.25) is 0 Å². The number of fused-ring (bicyclic) bond motifs is 1. The van der Waals surface area contributed by atoms with Crippen LogP contribution in [0, 0.1) is 18.3 Å². The Morgan fingerprint density at radius 1 is 1.40 bits per heavy atom. The third-order valence-corrected chi connectivity index (χ3v) is 4.45. The smallest absolute Gasteiger partial charge is 0.123 e. The maximum absolute atomic E-state index is 7.52. The highest BCUT2D eigenvalue weighted by Gasteiger charge is 2.27. The second kappa shape index (κ2) is 5.44. The molecule has 3 rings (SSSR count). The fourth-order valence-corrected chi connectivity index (χ4v) is 3.27. The predicted molar refractivity (Wildman–Crippen MR) is 80.4 cm³/mol. The number of nitrogens with one attached hydrogen (secondary N) is 1. The van der Waals surface area contributed by atoms with Crippen molar-refractivity contribution < 1.29 is 4.74 Å². The van der Waals surface area contributed by atoms with Crippen LogP contribution in [0.4, 0.5) is 0 Å². The maximum atomic E-state index is 7.52. The summed E-state index contributed by atoms with van der Waals surface area (Å²) in [6.45, 7) is 5.16. The molecule has 4 nitrogen and oxygen atoms in total. The zero-order chi connectivity index (χ0) is 14.1. The van der Waals surface area contributed by atoms with Gasteiger partial charge in [-0.15, -0.1) is 0 Å². The molecule has 0 saturated carbocycles. The summed E-state index contributed by atoms with van der Waals surface area (Å²) in [5, 5.41) is 7.52. The average molecular weight is 273 g/mol. The van der Waals surface area contributed by atoms with E-state index in [0.29, 0.717) is 5.84 Å². The van der Waals surface area contributed by atoms with Crippen LogP contribution in [0.15, 0.2) is 18.2 Å². The van der Waals surface area contributed by atoms with Gasteiger partial charge in [-0.1, -0.05) is 17.7 Å². The summed E-state index contributed by atoms with van der Waals surface area (Å²) in [4.78, 5) is 2.45. The molecule has 0 bridgehead atoms. The molecule has 4 heteroatoms. The first kappa shape index (κ1) is 13.4. The van der Waals surface area contributed by atoms with Gasteiger partial charge in [0.25, 0.3) is 0 Å². The van der Waals surface area contributed by atoms with Gasteiger partial charge in [0, 0.05) is 18.9 Å². The molecule has 1 unspecified atom stereocenters. The van der Waals surface area contributed by atoms with Gasteiger partial charge < -0.3 is 10.5 Å². The van der Waals surface area contributed by atoms with E-state index in [1.165, 1.54) is 11.1 Å². The van der Waals surface area contributed by atoms with Crippen LogP contribution in [-0.2, 0) is 6.42 Å². The van der Waals surface area contributed by atoms with Crippen molar-refractivity contribution in [3.8, 4) is 5.75 Å². The Morgan fingerprint density at radius 3 is 2.85 bits per heavy atom. The number of piperidine rings is 1. The second-order valence-corrected chi connectivity index (χ2v) is 6.09. The Bertz CT molecular complexity index is 506. The Kier molecular flexibility index (Phi) is 3.66. The van der Waals surface area contributed by atoms with Crippen LogP contribution in [0.1, 0.15) is 24.0 Å². The topological polar surface area (TPSA) is 62.3 Å². The largest absolute Gasteiger partial charge is 0.488 e. The summed E-state index contributed by atoms with van der Waals surface area (Å²) in [5.41, 5.74) is 8.23. The molecule has 0 amide bonds. The molecule has 2 aliphatic rings. The summed E-state index contributed by atoms with van der Waals surface area (Å²) < 4.78 is 6.03. The minimum Gasteiger partial charge on any atom is -0.488 e. The number of aryl methyl sites for hydroxylation is 1. The third kappa shape index (κ3) is 2.80. The number of rotatable bonds is 3. The van der Waals surface area contributed by atoms with Crippen LogP contribution < -0.4 is 10.5 Å². The van der Waals surface area contributed by atoms with Gasteiger partial charge in [0.05, 0.1) is 5.84 Å². The van der Waals surface area contributed by atoms with Gasteiger partial charge in [-0.25, -0.2) is 0 Å². The number of hydrogen-bond donors (Lipinski definition) is 2. The lowest BCUT2D eigenvalue weighted by molar-refractivity contribution is 0.127. The predicted octanol–water partition coefficient (Wildman–Crippen LogP) is 1.95. The molecule has 1 fully saturated rings. The Hall–Kier alpha value is -1.55. The summed E-state index contributed by atoms with van der Waals surface area (Å²) in [5.74, 6) is 1.69. The Balaban J connectivity index is 1.53. The molecule has 2 aliphatic heterocycles. The number of ether oxygens (including phenoxy) is 1.